The van der Waals surface area contributed by atoms with Gasteiger partial charge in [-0.15, -0.1) is 11.3 Å². The highest BCUT2D eigenvalue weighted by Crippen LogP contribution is 2.21. The van der Waals surface area contributed by atoms with Crippen LogP contribution in [0.5, 0.6) is 0 Å². The normalized spacial score (nSPS) is 11.0. The molecule has 0 radical (unpaired) electrons. The monoisotopic (exact) mass is 300 g/mol. The van der Waals surface area contributed by atoms with Crippen molar-refractivity contribution in [2.45, 2.75) is 26.8 Å². The second kappa shape index (κ2) is 5.75. The minimum atomic E-state index is 0.425. The van der Waals surface area contributed by atoms with Crippen molar-refractivity contribution in [1.29, 1.82) is 0 Å². The van der Waals surface area contributed by atoms with Crippen LogP contribution in [0.15, 0.2) is 28.1 Å². The number of thiazole rings is 1. The summed E-state index contributed by atoms with van der Waals surface area (Å²) in [5, 5.41) is 6.78. The molecule has 1 aromatic carbocycles. The first-order chi connectivity index (χ1) is 10.1. The summed E-state index contributed by atoms with van der Waals surface area (Å²) < 4.78 is 5.28. The molecule has 0 saturated carbocycles. The first-order valence-electron chi connectivity index (χ1n) is 6.68. The summed E-state index contributed by atoms with van der Waals surface area (Å²) in [6, 6.07) is 6.42. The van der Waals surface area contributed by atoms with E-state index in [1.54, 1.807) is 0 Å². The molecule has 0 unspecified atom stereocenters. The van der Waals surface area contributed by atoms with Crippen molar-refractivity contribution in [1.82, 2.24) is 15.1 Å². The van der Waals surface area contributed by atoms with E-state index in [1.807, 2.05) is 5.38 Å². The maximum absolute atomic E-state index is 5.56. The van der Waals surface area contributed by atoms with E-state index in [4.69, 9.17) is 10.3 Å². The minimum absolute atomic E-state index is 0.425. The summed E-state index contributed by atoms with van der Waals surface area (Å²) >= 11 is 1.50. The molecule has 2 heterocycles. The van der Waals surface area contributed by atoms with E-state index in [0.717, 1.165) is 5.01 Å². The number of nitrogens with zero attached hydrogens (tertiary/aromatic N) is 3. The fourth-order valence-corrected chi connectivity index (χ4v) is 2.93. The maximum Gasteiger partial charge on any atom is 0.277 e. The minimum Gasteiger partial charge on any atom is -0.332 e. The number of aromatic nitrogens is 3. The van der Waals surface area contributed by atoms with Gasteiger partial charge >= 0.3 is 0 Å². The van der Waals surface area contributed by atoms with Gasteiger partial charge in [0.2, 0.25) is 0 Å². The van der Waals surface area contributed by atoms with Gasteiger partial charge in [0.25, 0.3) is 5.89 Å². The Hall–Kier alpha value is -2.05. The lowest BCUT2D eigenvalue weighted by molar-refractivity contribution is 0.423. The number of hydrogen-bond acceptors (Lipinski definition) is 6. The van der Waals surface area contributed by atoms with Crippen LogP contribution in [0.1, 0.15) is 27.5 Å². The van der Waals surface area contributed by atoms with Gasteiger partial charge in [0.15, 0.2) is 5.82 Å². The van der Waals surface area contributed by atoms with Crippen molar-refractivity contribution in [3.8, 4) is 11.6 Å². The van der Waals surface area contributed by atoms with Crippen LogP contribution in [0.25, 0.3) is 11.6 Å². The number of benzene rings is 1. The molecule has 5 nitrogen and oxygen atoms in total. The SMILES string of the molecule is Cc1cc(C)cc(Cc2noc(-c3csc(CN)n3)n2)c1. The molecule has 0 amide bonds. The molecule has 3 rings (SSSR count). The lowest BCUT2D eigenvalue weighted by atomic mass is 10.1. The molecule has 0 spiro atoms. The van der Waals surface area contributed by atoms with Gasteiger partial charge in [-0.3, -0.25) is 0 Å². The zero-order valence-electron chi connectivity index (χ0n) is 12.0. The van der Waals surface area contributed by atoms with Crippen LogP contribution >= 0.6 is 11.3 Å². The van der Waals surface area contributed by atoms with Gasteiger partial charge in [0.1, 0.15) is 10.7 Å². The number of rotatable bonds is 4. The topological polar surface area (TPSA) is 77.8 Å². The Morgan fingerprint density at radius 3 is 2.57 bits per heavy atom. The van der Waals surface area contributed by atoms with Crippen molar-refractivity contribution < 1.29 is 4.52 Å². The zero-order valence-corrected chi connectivity index (χ0v) is 12.8. The number of aryl methyl sites for hydroxylation is 2. The van der Waals surface area contributed by atoms with Gasteiger partial charge in [-0.25, -0.2) is 4.98 Å². The highest BCUT2D eigenvalue weighted by Gasteiger charge is 2.12. The fourth-order valence-electron chi connectivity index (χ4n) is 2.29. The summed E-state index contributed by atoms with van der Waals surface area (Å²) in [6.07, 6.45) is 0.653. The molecule has 0 bridgehead atoms. The lowest BCUT2D eigenvalue weighted by Crippen LogP contribution is -1.95. The fraction of sp³-hybridized carbons (Fsp3) is 0.267. The molecule has 0 aliphatic carbocycles. The van der Waals surface area contributed by atoms with Crippen LogP contribution in [-0.2, 0) is 13.0 Å². The highest BCUT2D eigenvalue weighted by molar-refractivity contribution is 7.09. The molecule has 21 heavy (non-hydrogen) atoms. The molecule has 108 valence electrons. The molecule has 2 aromatic heterocycles. The molecule has 2 N–H and O–H groups in total. The summed E-state index contributed by atoms with van der Waals surface area (Å²) in [7, 11) is 0. The van der Waals surface area contributed by atoms with E-state index in [9.17, 15) is 0 Å². The Bertz CT molecular complexity index is 742. The third-order valence-corrected chi connectivity index (χ3v) is 3.93. The zero-order chi connectivity index (χ0) is 14.8. The third kappa shape index (κ3) is 3.17. The molecule has 6 heteroatoms. The van der Waals surface area contributed by atoms with E-state index in [0.29, 0.717) is 30.4 Å². The van der Waals surface area contributed by atoms with E-state index < -0.39 is 0 Å². The Kier molecular flexibility index (Phi) is 3.81. The van der Waals surface area contributed by atoms with Crippen molar-refractivity contribution >= 4 is 11.3 Å². The van der Waals surface area contributed by atoms with E-state index in [-0.39, 0.29) is 0 Å². The summed E-state index contributed by atoms with van der Waals surface area (Å²) in [6.45, 7) is 4.60. The van der Waals surface area contributed by atoms with Crippen molar-refractivity contribution in [2.24, 2.45) is 5.73 Å². The van der Waals surface area contributed by atoms with Crippen LogP contribution in [0.2, 0.25) is 0 Å². The van der Waals surface area contributed by atoms with Gasteiger partial charge < -0.3 is 10.3 Å². The van der Waals surface area contributed by atoms with Crippen LogP contribution in [0.3, 0.4) is 0 Å². The largest absolute Gasteiger partial charge is 0.332 e. The summed E-state index contributed by atoms with van der Waals surface area (Å²) in [4.78, 5) is 8.75. The average molecular weight is 300 g/mol. The van der Waals surface area contributed by atoms with Crippen molar-refractivity contribution in [3.63, 3.8) is 0 Å². The molecule has 0 atom stereocenters. The molecular formula is C15H16N4OS. The Morgan fingerprint density at radius 1 is 1.14 bits per heavy atom. The highest BCUT2D eigenvalue weighted by atomic mass is 32.1. The summed E-state index contributed by atoms with van der Waals surface area (Å²) in [5.41, 5.74) is 9.91. The second-order valence-electron chi connectivity index (χ2n) is 5.02. The first-order valence-corrected chi connectivity index (χ1v) is 7.56. The summed E-state index contributed by atoms with van der Waals surface area (Å²) in [5.74, 6) is 1.11. The van der Waals surface area contributed by atoms with E-state index in [2.05, 4.69) is 47.2 Å². The van der Waals surface area contributed by atoms with Gasteiger partial charge in [0.05, 0.1) is 0 Å². The van der Waals surface area contributed by atoms with Crippen LogP contribution < -0.4 is 5.73 Å². The molecule has 0 aliphatic heterocycles. The van der Waals surface area contributed by atoms with Crippen molar-refractivity contribution in [2.75, 3.05) is 0 Å². The Morgan fingerprint density at radius 2 is 1.90 bits per heavy atom. The smallest absolute Gasteiger partial charge is 0.277 e. The maximum atomic E-state index is 5.56. The predicted molar refractivity (Wildman–Crippen MR) is 82.0 cm³/mol. The van der Waals surface area contributed by atoms with Gasteiger partial charge in [-0.2, -0.15) is 4.98 Å². The van der Waals surface area contributed by atoms with Gasteiger partial charge in [-0.05, 0) is 19.4 Å². The first kappa shape index (κ1) is 13.9. The lowest BCUT2D eigenvalue weighted by Gasteiger charge is -2.01. The molecule has 0 fully saturated rings. The molecule has 3 aromatic rings. The van der Waals surface area contributed by atoms with Crippen LogP contribution in [-0.4, -0.2) is 15.1 Å². The molecule has 0 saturated heterocycles. The Labute approximate surface area is 126 Å². The van der Waals surface area contributed by atoms with Crippen LogP contribution in [0, 0.1) is 13.8 Å². The third-order valence-electron chi connectivity index (χ3n) is 3.06. The predicted octanol–water partition coefficient (Wildman–Crippen LogP) is 2.86. The molecular weight excluding hydrogens is 284 g/mol. The van der Waals surface area contributed by atoms with Gasteiger partial charge in [0, 0.05) is 18.3 Å². The average Bonchev–Trinajstić information content (AvgIpc) is 3.05. The number of nitrogens with two attached hydrogens (primary N) is 1. The Balaban J connectivity index is 1.81. The van der Waals surface area contributed by atoms with Crippen LogP contribution in [0.4, 0.5) is 0 Å². The molecule has 0 aliphatic rings. The van der Waals surface area contributed by atoms with E-state index in [1.165, 1.54) is 28.0 Å². The van der Waals surface area contributed by atoms with Gasteiger partial charge in [-0.1, -0.05) is 34.5 Å². The standard InChI is InChI=1S/C15H16N4OS/c1-9-3-10(2)5-11(4-9)6-13-18-15(20-19-13)12-8-21-14(7-16)17-12/h3-5,8H,6-7,16H2,1-2H3. The number of hydrogen-bond donors (Lipinski definition) is 1. The van der Waals surface area contributed by atoms with E-state index >= 15 is 0 Å². The second-order valence-corrected chi connectivity index (χ2v) is 5.96. The quantitative estimate of drug-likeness (QED) is 0.801. The van der Waals surface area contributed by atoms with Crippen molar-refractivity contribution in [3.05, 3.63) is 51.1 Å².